The third-order valence-electron chi connectivity index (χ3n) is 6.34. The Kier molecular flexibility index (Phi) is 6.08. The minimum atomic E-state index is -0.850. The molecule has 3 unspecified atom stereocenters. The molecule has 4 heterocycles. The second-order valence-electron chi connectivity index (χ2n) is 8.30. The molecule has 9 nitrogen and oxygen atoms in total. The van der Waals surface area contributed by atoms with Gasteiger partial charge in [0.25, 0.3) is 0 Å². The van der Waals surface area contributed by atoms with Crippen molar-refractivity contribution < 1.29 is 13.9 Å². The van der Waals surface area contributed by atoms with E-state index < -0.39 is 11.8 Å². The number of esters is 1. The van der Waals surface area contributed by atoms with Crippen LogP contribution in [0, 0.1) is 12.7 Å². The van der Waals surface area contributed by atoms with E-state index in [1.165, 1.54) is 6.42 Å². The monoisotopic (exact) mass is 431 g/mol. The first-order valence-corrected chi connectivity index (χ1v) is 10.9. The number of H-pyrrole nitrogens is 1. The predicted molar refractivity (Wildman–Crippen MR) is 115 cm³/mol. The van der Waals surface area contributed by atoms with Crippen LogP contribution in [0.3, 0.4) is 0 Å². The summed E-state index contributed by atoms with van der Waals surface area (Å²) < 4.78 is 20.1. The van der Waals surface area contributed by atoms with Gasteiger partial charge in [-0.05, 0) is 39.5 Å². The fourth-order valence-corrected chi connectivity index (χ4v) is 4.55. The minimum absolute atomic E-state index is 0.0977. The molecule has 2 aromatic heterocycles. The van der Waals surface area contributed by atoms with Crippen molar-refractivity contribution in [3.63, 3.8) is 0 Å². The Morgan fingerprint density at radius 2 is 2.19 bits per heavy atom. The highest BCUT2D eigenvalue weighted by molar-refractivity contribution is 5.89. The van der Waals surface area contributed by atoms with Crippen molar-refractivity contribution in [1.29, 1.82) is 0 Å². The Morgan fingerprint density at radius 3 is 2.81 bits per heavy atom. The van der Waals surface area contributed by atoms with E-state index in [1.54, 1.807) is 13.0 Å². The molecule has 2 fully saturated rings. The second kappa shape index (κ2) is 8.78. The highest BCUT2D eigenvalue weighted by atomic mass is 19.1. The summed E-state index contributed by atoms with van der Waals surface area (Å²) in [6, 6.07) is 3.04. The largest absolute Gasteiger partial charge is 0.461 e. The summed E-state index contributed by atoms with van der Waals surface area (Å²) in [7, 11) is 1.91. The second-order valence-corrected chi connectivity index (χ2v) is 8.30. The Balaban J connectivity index is 1.66. The van der Waals surface area contributed by atoms with E-state index in [4.69, 9.17) is 4.74 Å². The van der Waals surface area contributed by atoms with Crippen LogP contribution in [0.1, 0.15) is 55.7 Å². The average molecular weight is 432 g/mol. The highest BCUT2D eigenvalue weighted by Gasteiger charge is 2.41. The van der Waals surface area contributed by atoms with Gasteiger partial charge in [0.05, 0.1) is 6.61 Å². The van der Waals surface area contributed by atoms with E-state index in [0.717, 1.165) is 31.5 Å². The smallest absolute Gasteiger partial charge is 0.360 e. The van der Waals surface area contributed by atoms with E-state index in [2.05, 4.69) is 37.3 Å². The van der Waals surface area contributed by atoms with E-state index in [9.17, 15) is 4.79 Å². The number of aromatic amines is 1. The molecule has 2 N–H and O–H groups in total. The number of aryl methyl sites for hydroxylation is 1. The normalized spacial score (nSPS) is 23.1. The predicted octanol–water partition coefficient (Wildman–Crippen LogP) is 3.02. The van der Waals surface area contributed by atoms with Crippen molar-refractivity contribution in [2.45, 2.75) is 64.6 Å². The molecule has 0 bridgehead atoms. The maximum Gasteiger partial charge on any atom is 0.360 e. The first kappa shape index (κ1) is 21.5. The van der Waals surface area contributed by atoms with Gasteiger partial charge in [-0.25, -0.2) is 14.2 Å². The quantitative estimate of drug-likeness (QED) is 0.646. The molecule has 168 valence electrons. The Morgan fingerprint density at radius 1 is 1.39 bits per heavy atom. The van der Waals surface area contributed by atoms with Crippen LogP contribution in [0.15, 0.2) is 6.07 Å². The van der Waals surface area contributed by atoms with Gasteiger partial charge in [0.2, 0.25) is 5.95 Å². The SMILES string of the molecule is CCOC(=O)c1nc(N(C)C2CC(CC)N3CCC3C2)nc(Nc2cc(C)[nH]n2)c1F. The number of fused-ring (bicyclic) bond motifs is 1. The van der Waals surface area contributed by atoms with Crippen molar-refractivity contribution >= 4 is 23.6 Å². The van der Waals surface area contributed by atoms with Gasteiger partial charge in [-0.2, -0.15) is 10.1 Å². The minimum Gasteiger partial charge on any atom is -0.461 e. The van der Waals surface area contributed by atoms with Crippen LogP contribution in [0.4, 0.5) is 22.0 Å². The summed E-state index contributed by atoms with van der Waals surface area (Å²) in [6.45, 7) is 7.02. The zero-order valence-corrected chi connectivity index (χ0v) is 18.5. The van der Waals surface area contributed by atoms with Gasteiger partial charge >= 0.3 is 5.97 Å². The number of halogens is 1. The Labute approximate surface area is 181 Å². The molecule has 0 radical (unpaired) electrons. The lowest BCUT2D eigenvalue weighted by Crippen LogP contribution is -2.61. The number of nitrogens with one attached hydrogen (secondary N) is 2. The lowest BCUT2D eigenvalue weighted by atomic mass is 9.82. The number of rotatable bonds is 7. The number of ether oxygens (including phenoxy) is 1. The van der Waals surface area contributed by atoms with E-state index in [-0.39, 0.29) is 24.2 Å². The molecule has 2 aliphatic heterocycles. The molecule has 0 aromatic carbocycles. The van der Waals surface area contributed by atoms with Crippen molar-refractivity contribution in [2.75, 3.05) is 30.4 Å². The van der Waals surface area contributed by atoms with Gasteiger partial charge < -0.3 is 15.0 Å². The fourth-order valence-electron chi connectivity index (χ4n) is 4.55. The molecule has 0 saturated carbocycles. The Bertz CT molecular complexity index is 950. The fraction of sp³-hybridized carbons (Fsp3) is 0.619. The lowest BCUT2D eigenvalue weighted by Gasteiger charge is -2.53. The zero-order valence-electron chi connectivity index (χ0n) is 18.5. The summed E-state index contributed by atoms with van der Waals surface area (Å²) >= 11 is 0. The molecule has 0 amide bonds. The topological polar surface area (TPSA) is 99.3 Å². The zero-order chi connectivity index (χ0) is 22.1. The Hall–Kier alpha value is -2.75. The van der Waals surface area contributed by atoms with Crippen molar-refractivity contribution in [1.82, 2.24) is 25.1 Å². The number of hydrogen-bond donors (Lipinski definition) is 2. The van der Waals surface area contributed by atoms with Crippen molar-refractivity contribution in [3.05, 3.63) is 23.3 Å². The van der Waals surface area contributed by atoms with Gasteiger partial charge in [0.15, 0.2) is 23.1 Å². The molecule has 31 heavy (non-hydrogen) atoms. The third kappa shape index (κ3) is 4.21. The van der Waals surface area contributed by atoms with Crippen LogP contribution < -0.4 is 10.2 Å². The first-order valence-electron chi connectivity index (χ1n) is 10.9. The highest BCUT2D eigenvalue weighted by Crippen LogP contribution is 2.36. The number of piperidine rings is 1. The summed E-state index contributed by atoms with van der Waals surface area (Å²) in [5.41, 5.74) is 0.444. The molecule has 10 heteroatoms. The summed E-state index contributed by atoms with van der Waals surface area (Å²) in [5.74, 6) is -1.05. The summed E-state index contributed by atoms with van der Waals surface area (Å²) in [6.07, 6.45) is 4.28. The third-order valence-corrected chi connectivity index (χ3v) is 6.34. The van der Waals surface area contributed by atoms with Crippen molar-refractivity contribution in [2.24, 2.45) is 0 Å². The maximum absolute atomic E-state index is 15.1. The summed E-state index contributed by atoms with van der Waals surface area (Å²) in [4.78, 5) is 25.6. The van der Waals surface area contributed by atoms with Gasteiger partial charge in [0.1, 0.15) is 0 Å². The molecule has 2 saturated heterocycles. The molecular weight excluding hydrogens is 401 g/mol. The average Bonchev–Trinajstić information content (AvgIpc) is 3.14. The number of carbonyl (C=O) groups is 1. The number of anilines is 3. The molecule has 4 rings (SSSR count). The van der Waals surface area contributed by atoms with E-state index in [0.29, 0.717) is 23.8 Å². The lowest BCUT2D eigenvalue weighted by molar-refractivity contribution is -0.00728. The van der Waals surface area contributed by atoms with E-state index in [1.807, 2.05) is 18.9 Å². The number of nitrogens with zero attached hydrogens (tertiary/aromatic N) is 5. The summed E-state index contributed by atoms with van der Waals surface area (Å²) in [5, 5.41) is 9.74. The van der Waals surface area contributed by atoms with E-state index >= 15 is 4.39 Å². The van der Waals surface area contributed by atoms with Crippen LogP contribution in [0.25, 0.3) is 0 Å². The number of aromatic nitrogens is 4. The maximum atomic E-state index is 15.1. The first-order chi connectivity index (χ1) is 14.9. The van der Waals surface area contributed by atoms with Crippen LogP contribution >= 0.6 is 0 Å². The molecule has 2 aromatic rings. The van der Waals surface area contributed by atoms with Crippen LogP contribution in [-0.4, -0.2) is 69.4 Å². The molecular formula is C21H30FN7O2. The molecule has 0 aliphatic carbocycles. The van der Waals surface area contributed by atoms with Crippen LogP contribution in [-0.2, 0) is 4.74 Å². The van der Waals surface area contributed by atoms with Gasteiger partial charge in [-0.1, -0.05) is 6.92 Å². The molecule has 3 atom stereocenters. The van der Waals surface area contributed by atoms with Crippen LogP contribution in [0.5, 0.6) is 0 Å². The van der Waals surface area contributed by atoms with Gasteiger partial charge in [-0.15, -0.1) is 0 Å². The molecule has 2 aliphatic rings. The van der Waals surface area contributed by atoms with Gasteiger partial charge in [-0.3, -0.25) is 10.00 Å². The number of carbonyl (C=O) groups excluding carboxylic acids is 1. The standard InChI is InChI=1S/C21H30FN7O2/c1-5-13-10-15(11-14-7-8-29(13)14)28(4)21-24-18(20(30)31-6-2)17(22)19(25-21)23-16-9-12(3)26-27-16/h9,13-15H,5-8,10-11H2,1-4H3,(H2,23,24,25,26,27). The number of hydrogen-bond acceptors (Lipinski definition) is 8. The van der Waals surface area contributed by atoms with Crippen LogP contribution in [0.2, 0.25) is 0 Å². The molecule has 0 spiro atoms. The van der Waals surface area contributed by atoms with Gasteiger partial charge in [0, 0.05) is 43.5 Å². The van der Waals surface area contributed by atoms with Crippen molar-refractivity contribution in [3.8, 4) is 0 Å².